The molecule has 7 nitrogen and oxygen atoms in total. The number of hydrogen-bond acceptors (Lipinski definition) is 6. The zero-order valence-corrected chi connectivity index (χ0v) is 11.5. The van der Waals surface area contributed by atoms with Crippen LogP contribution in [-0.4, -0.2) is 44.8 Å². The van der Waals surface area contributed by atoms with Gasteiger partial charge in [0.15, 0.2) is 0 Å². The van der Waals surface area contributed by atoms with Crippen molar-refractivity contribution in [1.29, 1.82) is 0 Å². The van der Waals surface area contributed by atoms with Gasteiger partial charge in [0.2, 0.25) is 11.8 Å². The van der Waals surface area contributed by atoms with Crippen molar-refractivity contribution in [3.63, 3.8) is 0 Å². The highest BCUT2D eigenvalue weighted by atomic mass is 16.4. The van der Waals surface area contributed by atoms with Gasteiger partial charge in [-0.2, -0.15) is 0 Å². The van der Waals surface area contributed by atoms with Gasteiger partial charge in [-0.15, -0.1) is 10.2 Å². The molecule has 106 valence electrons. The summed E-state index contributed by atoms with van der Waals surface area (Å²) < 4.78 is 5.59. The predicted octanol–water partition coefficient (Wildman–Crippen LogP) is 0.355. The minimum atomic E-state index is -1.16. The van der Waals surface area contributed by atoms with Gasteiger partial charge in [0.25, 0.3) is 0 Å². The van der Waals surface area contributed by atoms with Crippen LogP contribution in [0.1, 0.15) is 39.0 Å². The van der Waals surface area contributed by atoms with E-state index in [1.54, 1.807) is 0 Å². The lowest BCUT2D eigenvalue weighted by atomic mass is 9.97. The number of carboxylic acid groups (broad SMARTS) is 1. The number of nitrogens with two attached hydrogens (primary N) is 1. The van der Waals surface area contributed by atoms with Crippen LogP contribution in [0.4, 0.5) is 0 Å². The summed E-state index contributed by atoms with van der Waals surface area (Å²) >= 11 is 0. The molecule has 3 N–H and O–H groups in total. The third-order valence-corrected chi connectivity index (χ3v) is 3.27. The minimum absolute atomic E-state index is 0.186. The molecule has 1 aliphatic heterocycles. The molecule has 0 spiro atoms. The van der Waals surface area contributed by atoms with Crippen LogP contribution in [-0.2, 0) is 16.8 Å². The molecule has 2 heterocycles. The quantitative estimate of drug-likeness (QED) is 0.815. The van der Waals surface area contributed by atoms with Crippen molar-refractivity contribution in [2.45, 2.75) is 44.7 Å². The van der Waals surface area contributed by atoms with Gasteiger partial charge >= 0.3 is 5.97 Å². The van der Waals surface area contributed by atoms with Crippen molar-refractivity contribution in [1.82, 2.24) is 15.1 Å². The van der Waals surface area contributed by atoms with Gasteiger partial charge in [0.05, 0.1) is 6.54 Å². The van der Waals surface area contributed by atoms with Crippen LogP contribution in [0.25, 0.3) is 0 Å². The Bertz CT molecular complexity index is 480. The molecule has 1 aromatic rings. The van der Waals surface area contributed by atoms with Crippen molar-refractivity contribution in [2.75, 3.05) is 13.1 Å². The Morgan fingerprint density at radius 1 is 1.53 bits per heavy atom. The summed E-state index contributed by atoms with van der Waals surface area (Å²) in [4.78, 5) is 13.0. The number of carboxylic acids is 1. The maximum atomic E-state index is 11.1. The first kappa shape index (κ1) is 14.0. The summed E-state index contributed by atoms with van der Waals surface area (Å²) in [5, 5.41) is 17.1. The zero-order valence-electron chi connectivity index (χ0n) is 11.5. The van der Waals surface area contributed by atoms with E-state index in [2.05, 4.69) is 10.2 Å². The Morgan fingerprint density at radius 3 is 2.68 bits per heavy atom. The number of nitrogens with zero attached hydrogens (tertiary/aromatic N) is 3. The Labute approximate surface area is 111 Å². The fourth-order valence-electron chi connectivity index (χ4n) is 2.04. The van der Waals surface area contributed by atoms with Gasteiger partial charge in [-0.3, -0.25) is 9.69 Å². The number of carbonyl (C=O) groups is 1. The van der Waals surface area contributed by atoms with Crippen LogP contribution in [0.15, 0.2) is 4.42 Å². The molecule has 1 unspecified atom stereocenters. The largest absolute Gasteiger partial charge is 0.480 e. The third kappa shape index (κ3) is 2.93. The molecule has 0 aliphatic carbocycles. The molecular weight excluding hydrogens is 248 g/mol. The molecule has 1 atom stereocenters. The highest BCUT2D eigenvalue weighted by Crippen LogP contribution is 2.23. The maximum absolute atomic E-state index is 11.1. The van der Waals surface area contributed by atoms with Gasteiger partial charge in [0.1, 0.15) is 5.54 Å². The fourth-order valence-corrected chi connectivity index (χ4v) is 2.04. The standard InChI is InChI=1S/C12H20N4O3/c1-11(2,3)9-15-14-8(19-9)6-16-5-4-12(13,7-16)10(17)18/h4-7,13H2,1-3H3,(H,17,18). The van der Waals surface area contributed by atoms with Crippen LogP contribution >= 0.6 is 0 Å². The topological polar surface area (TPSA) is 105 Å². The average Bonchev–Trinajstić information content (AvgIpc) is 2.86. The van der Waals surface area contributed by atoms with Crippen molar-refractivity contribution in [3.05, 3.63) is 11.8 Å². The van der Waals surface area contributed by atoms with Crippen molar-refractivity contribution in [3.8, 4) is 0 Å². The van der Waals surface area contributed by atoms with E-state index in [4.69, 9.17) is 15.3 Å². The molecule has 1 aliphatic rings. The summed E-state index contributed by atoms with van der Waals surface area (Å²) in [7, 11) is 0. The monoisotopic (exact) mass is 268 g/mol. The normalized spacial score (nSPS) is 24.8. The lowest BCUT2D eigenvalue weighted by molar-refractivity contribution is -0.142. The summed E-state index contributed by atoms with van der Waals surface area (Å²) in [5.41, 5.74) is 4.47. The molecule has 0 radical (unpaired) electrons. The van der Waals surface area contributed by atoms with Gasteiger partial charge in [-0.05, 0) is 6.42 Å². The highest BCUT2D eigenvalue weighted by Gasteiger charge is 2.41. The van der Waals surface area contributed by atoms with E-state index >= 15 is 0 Å². The van der Waals surface area contributed by atoms with E-state index in [1.165, 1.54) is 0 Å². The Hall–Kier alpha value is -1.47. The van der Waals surface area contributed by atoms with Crippen LogP contribution < -0.4 is 5.73 Å². The second kappa shape index (κ2) is 4.57. The Morgan fingerprint density at radius 2 is 2.21 bits per heavy atom. The predicted molar refractivity (Wildman–Crippen MR) is 67.4 cm³/mol. The number of aliphatic carboxylic acids is 1. The first-order chi connectivity index (χ1) is 8.71. The summed E-state index contributed by atoms with van der Waals surface area (Å²) in [6.07, 6.45) is 0.433. The van der Waals surface area contributed by atoms with Crippen LogP contribution in [0.2, 0.25) is 0 Å². The van der Waals surface area contributed by atoms with Crippen LogP contribution in [0.5, 0.6) is 0 Å². The van der Waals surface area contributed by atoms with E-state index in [9.17, 15) is 4.79 Å². The molecule has 7 heteroatoms. The molecule has 0 amide bonds. The van der Waals surface area contributed by atoms with E-state index in [1.807, 2.05) is 25.7 Å². The van der Waals surface area contributed by atoms with Gasteiger partial charge in [-0.25, -0.2) is 0 Å². The van der Waals surface area contributed by atoms with E-state index in [-0.39, 0.29) is 5.41 Å². The van der Waals surface area contributed by atoms with Gasteiger partial charge in [0, 0.05) is 18.5 Å². The van der Waals surface area contributed by atoms with Crippen molar-refractivity contribution in [2.24, 2.45) is 5.73 Å². The van der Waals surface area contributed by atoms with Crippen LogP contribution in [0, 0.1) is 0 Å². The van der Waals surface area contributed by atoms with E-state index < -0.39 is 11.5 Å². The molecule has 1 aromatic heterocycles. The first-order valence-corrected chi connectivity index (χ1v) is 6.28. The Balaban J connectivity index is 2.00. The molecular formula is C12H20N4O3. The zero-order chi connectivity index (χ0) is 14.3. The van der Waals surface area contributed by atoms with Crippen LogP contribution in [0.3, 0.4) is 0 Å². The second-order valence-corrected chi connectivity index (χ2v) is 6.17. The number of hydrogen-bond donors (Lipinski definition) is 2. The van der Waals surface area contributed by atoms with Gasteiger partial charge < -0.3 is 15.3 Å². The molecule has 1 fully saturated rings. The average molecular weight is 268 g/mol. The third-order valence-electron chi connectivity index (χ3n) is 3.27. The summed E-state index contributed by atoms with van der Waals surface area (Å²) in [6.45, 7) is 7.35. The van der Waals surface area contributed by atoms with E-state index in [0.717, 1.165) is 0 Å². The molecule has 0 bridgehead atoms. The van der Waals surface area contributed by atoms with Crippen molar-refractivity contribution >= 4 is 5.97 Å². The highest BCUT2D eigenvalue weighted by molar-refractivity contribution is 5.79. The smallest absolute Gasteiger partial charge is 0.325 e. The van der Waals surface area contributed by atoms with Crippen molar-refractivity contribution < 1.29 is 14.3 Å². The summed E-state index contributed by atoms with van der Waals surface area (Å²) in [5.74, 6) is 0.120. The second-order valence-electron chi connectivity index (χ2n) is 6.17. The molecule has 0 saturated carbocycles. The lowest BCUT2D eigenvalue weighted by Crippen LogP contribution is -2.50. The molecule has 1 saturated heterocycles. The Kier molecular flexibility index (Phi) is 3.36. The molecule has 19 heavy (non-hydrogen) atoms. The fraction of sp³-hybridized carbons (Fsp3) is 0.750. The maximum Gasteiger partial charge on any atom is 0.325 e. The molecule has 2 rings (SSSR count). The minimum Gasteiger partial charge on any atom is -0.480 e. The molecule has 0 aromatic carbocycles. The first-order valence-electron chi connectivity index (χ1n) is 6.28. The number of rotatable bonds is 3. The number of likely N-dealkylation sites (tertiary alicyclic amines) is 1. The van der Waals surface area contributed by atoms with Gasteiger partial charge in [-0.1, -0.05) is 20.8 Å². The van der Waals surface area contributed by atoms with E-state index in [0.29, 0.717) is 37.8 Å². The SMILES string of the molecule is CC(C)(C)c1nnc(CN2CCC(N)(C(=O)O)C2)o1. The summed E-state index contributed by atoms with van der Waals surface area (Å²) in [6, 6.07) is 0. The lowest BCUT2D eigenvalue weighted by Gasteiger charge is -2.18. The number of aromatic nitrogens is 2.